The van der Waals surface area contributed by atoms with Crippen LogP contribution in [0.25, 0.3) is 0 Å². The van der Waals surface area contributed by atoms with E-state index < -0.39 is 0 Å². The third kappa shape index (κ3) is 3.97. The van der Waals surface area contributed by atoms with Gasteiger partial charge in [0.25, 0.3) is 0 Å². The standard InChI is InChI=1S/C19H19N3O/c20-12-16-6-8-18(9-7-16)13-21-10-11-22(19(23)15-21)14-17-4-2-1-3-5-17/h1-9H,10-11,13-15H2. The zero-order chi connectivity index (χ0) is 16.1. The van der Waals surface area contributed by atoms with Crippen LogP contribution in [0.3, 0.4) is 0 Å². The number of benzene rings is 2. The molecule has 0 aromatic heterocycles. The van der Waals surface area contributed by atoms with Crippen molar-refractivity contribution in [2.45, 2.75) is 13.1 Å². The van der Waals surface area contributed by atoms with E-state index in [2.05, 4.69) is 23.1 Å². The second-order valence-electron chi connectivity index (χ2n) is 5.82. The summed E-state index contributed by atoms with van der Waals surface area (Å²) in [7, 11) is 0. The normalized spacial score (nSPS) is 15.4. The van der Waals surface area contributed by atoms with Crippen LogP contribution in [-0.2, 0) is 17.9 Å². The number of rotatable bonds is 4. The third-order valence-corrected chi connectivity index (χ3v) is 4.10. The number of hydrogen-bond donors (Lipinski definition) is 0. The molecule has 2 aromatic carbocycles. The van der Waals surface area contributed by atoms with Gasteiger partial charge in [-0.3, -0.25) is 9.69 Å². The summed E-state index contributed by atoms with van der Waals surface area (Å²) in [6.45, 7) is 3.51. The molecule has 23 heavy (non-hydrogen) atoms. The zero-order valence-corrected chi connectivity index (χ0v) is 13.0. The molecule has 1 fully saturated rings. The highest BCUT2D eigenvalue weighted by molar-refractivity contribution is 5.79. The van der Waals surface area contributed by atoms with Crippen molar-refractivity contribution >= 4 is 5.91 Å². The first kappa shape index (κ1) is 15.3. The van der Waals surface area contributed by atoms with E-state index in [0.717, 1.165) is 25.2 Å². The van der Waals surface area contributed by atoms with E-state index in [4.69, 9.17) is 5.26 Å². The highest BCUT2D eigenvalue weighted by Gasteiger charge is 2.23. The maximum atomic E-state index is 12.3. The molecule has 1 aliphatic rings. The molecule has 116 valence electrons. The SMILES string of the molecule is N#Cc1ccc(CN2CCN(Cc3ccccc3)C(=O)C2)cc1. The molecule has 1 saturated heterocycles. The second-order valence-corrected chi connectivity index (χ2v) is 5.82. The Kier molecular flexibility index (Phi) is 4.70. The Hall–Kier alpha value is -2.64. The van der Waals surface area contributed by atoms with Crippen LogP contribution in [0.2, 0.25) is 0 Å². The van der Waals surface area contributed by atoms with Crippen LogP contribution < -0.4 is 0 Å². The molecule has 0 unspecified atom stereocenters. The molecule has 0 N–H and O–H groups in total. The Labute approximate surface area is 136 Å². The van der Waals surface area contributed by atoms with E-state index >= 15 is 0 Å². The van der Waals surface area contributed by atoms with Crippen LogP contribution in [0, 0.1) is 11.3 Å². The topological polar surface area (TPSA) is 47.3 Å². The molecule has 0 atom stereocenters. The highest BCUT2D eigenvalue weighted by Crippen LogP contribution is 2.13. The van der Waals surface area contributed by atoms with Crippen molar-refractivity contribution in [3.05, 3.63) is 71.3 Å². The molecule has 0 spiro atoms. The minimum Gasteiger partial charge on any atom is -0.336 e. The molecule has 1 heterocycles. The summed E-state index contributed by atoms with van der Waals surface area (Å²) < 4.78 is 0. The van der Waals surface area contributed by atoms with Gasteiger partial charge in [-0.2, -0.15) is 5.26 Å². The lowest BCUT2D eigenvalue weighted by Gasteiger charge is -2.34. The van der Waals surface area contributed by atoms with Crippen LogP contribution in [0.5, 0.6) is 0 Å². The van der Waals surface area contributed by atoms with Crippen LogP contribution in [0.4, 0.5) is 0 Å². The number of piperazine rings is 1. The van der Waals surface area contributed by atoms with Gasteiger partial charge in [0, 0.05) is 26.2 Å². The molecule has 4 heteroatoms. The summed E-state index contributed by atoms with van der Waals surface area (Å²) in [5.74, 6) is 0.175. The molecule has 0 bridgehead atoms. The van der Waals surface area contributed by atoms with Crippen molar-refractivity contribution in [2.75, 3.05) is 19.6 Å². The van der Waals surface area contributed by atoms with E-state index in [0.29, 0.717) is 18.7 Å². The number of nitriles is 1. The first-order chi connectivity index (χ1) is 11.2. The Balaban J connectivity index is 1.55. The van der Waals surface area contributed by atoms with E-state index in [-0.39, 0.29) is 5.91 Å². The predicted octanol–water partition coefficient (Wildman–Crippen LogP) is 2.40. The van der Waals surface area contributed by atoms with Gasteiger partial charge in [-0.1, -0.05) is 42.5 Å². The first-order valence-corrected chi connectivity index (χ1v) is 7.78. The van der Waals surface area contributed by atoms with E-state index in [1.165, 1.54) is 5.56 Å². The zero-order valence-electron chi connectivity index (χ0n) is 13.0. The van der Waals surface area contributed by atoms with Crippen LogP contribution in [0.15, 0.2) is 54.6 Å². The average molecular weight is 305 g/mol. The molecule has 0 aliphatic carbocycles. The van der Waals surface area contributed by atoms with Crippen molar-refractivity contribution in [2.24, 2.45) is 0 Å². The van der Waals surface area contributed by atoms with Gasteiger partial charge in [-0.25, -0.2) is 0 Å². The van der Waals surface area contributed by atoms with E-state index in [1.807, 2.05) is 47.4 Å². The Morgan fingerprint density at radius 1 is 0.913 bits per heavy atom. The average Bonchev–Trinajstić information content (AvgIpc) is 2.59. The van der Waals surface area contributed by atoms with Gasteiger partial charge in [0.1, 0.15) is 0 Å². The predicted molar refractivity (Wildman–Crippen MR) is 88.3 cm³/mol. The van der Waals surface area contributed by atoms with Gasteiger partial charge in [0.15, 0.2) is 0 Å². The van der Waals surface area contributed by atoms with Crippen LogP contribution in [0.1, 0.15) is 16.7 Å². The van der Waals surface area contributed by atoms with Gasteiger partial charge >= 0.3 is 0 Å². The summed E-state index contributed by atoms with van der Waals surface area (Å²) in [6, 6.07) is 19.8. The van der Waals surface area contributed by atoms with E-state index in [1.54, 1.807) is 0 Å². The summed E-state index contributed by atoms with van der Waals surface area (Å²) >= 11 is 0. The Morgan fingerprint density at radius 2 is 1.61 bits per heavy atom. The number of carbonyl (C=O) groups is 1. The van der Waals surface area contributed by atoms with Gasteiger partial charge in [0.2, 0.25) is 5.91 Å². The number of nitrogens with zero attached hydrogens (tertiary/aromatic N) is 3. The Bertz CT molecular complexity index is 704. The fraction of sp³-hybridized carbons (Fsp3) is 0.263. The molecular weight excluding hydrogens is 286 g/mol. The monoisotopic (exact) mass is 305 g/mol. The van der Waals surface area contributed by atoms with Crippen molar-refractivity contribution in [1.29, 1.82) is 5.26 Å². The van der Waals surface area contributed by atoms with Crippen molar-refractivity contribution in [3.8, 4) is 6.07 Å². The minimum absolute atomic E-state index is 0.175. The minimum atomic E-state index is 0.175. The highest BCUT2D eigenvalue weighted by atomic mass is 16.2. The van der Waals surface area contributed by atoms with Crippen molar-refractivity contribution in [1.82, 2.24) is 9.80 Å². The maximum absolute atomic E-state index is 12.3. The Morgan fingerprint density at radius 3 is 2.26 bits per heavy atom. The molecule has 1 aliphatic heterocycles. The van der Waals surface area contributed by atoms with Crippen LogP contribution >= 0.6 is 0 Å². The molecular formula is C19H19N3O. The molecule has 1 amide bonds. The summed E-state index contributed by atoms with van der Waals surface area (Å²) in [5, 5.41) is 8.82. The fourth-order valence-electron chi connectivity index (χ4n) is 2.81. The smallest absolute Gasteiger partial charge is 0.237 e. The lowest BCUT2D eigenvalue weighted by molar-refractivity contribution is -0.136. The van der Waals surface area contributed by atoms with Gasteiger partial charge in [-0.15, -0.1) is 0 Å². The molecule has 4 nitrogen and oxygen atoms in total. The molecule has 3 rings (SSSR count). The quantitative estimate of drug-likeness (QED) is 0.871. The lowest BCUT2D eigenvalue weighted by atomic mass is 10.1. The second kappa shape index (κ2) is 7.08. The fourth-order valence-corrected chi connectivity index (χ4v) is 2.81. The van der Waals surface area contributed by atoms with Crippen molar-refractivity contribution in [3.63, 3.8) is 0 Å². The van der Waals surface area contributed by atoms with Crippen LogP contribution in [-0.4, -0.2) is 35.3 Å². The van der Waals surface area contributed by atoms with Gasteiger partial charge in [0.05, 0.1) is 18.2 Å². The summed E-state index contributed by atoms with van der Waals surface area (Å²) in [4.78, 5) is 16.4. The lowest BCUT2D eigenvalue weighted by Crippen LogP contribution is -2.49. The molecule has 2 aromatic rings. The van der Waals surface area contributed by atoms with Crippen molar-refractivity contribution < 1.29 is 4.79 Å². The first-order valence-electron chi connectivity index (χ1n) is 7.78. The molecule has 0 saturated carbocycles. The number of amides is 1. The summed E-state index contributed by atoms with van der Waals surface area (Å²) in [5.41, 5.74) is 2.97. The largest absolute Gasteiger partial charge is 0.336 e. The number of hydrogen-bond acceptors (Lipinski definition) is 3. The third-order valence-electron chi connectivity index (χ3n) is 4.10. The van der Waals surface area contributed by atoms with E-state index in [9.17, 15) is 4.79 Å². The molecule has 0 radical (unpaired) electrons. The van der Waals surface area contributed by atoms with Gasteiger partial charge < -0.3 is 4.90 Å². The maximum Gasteiger partial charge on any atom is 0.237 e. The van der Waals surface area contributed by atoms with Gasteiger partial charge in [-0.05, 0) is 23.3 Å². The number of carbonyl (C=O) groups excluding carboxylic acids is 1. The summed E-state index contributed by atoms with van der Waals surface area (Å²) in [6.07, 6.45) is 0.